The van der Waals surface area contributed by atoms with Crippen molar-refractivity contribution in [1.29, 1.82) is 0 Å². The van der Waals surface area contributed by atoms with Crippen LogP contribution in [0.25, 0.3) is 0 Å². The minimum Gasteiger partial charge on any atom is -0.381 e. The second-order valence-electron chi connectivity index (χ2n) is 5.08. The summed E-state index contributed by atoms with van der Waals surface area (Å²) in [4.78, 5) is 9.23. The Hall–Kier alpha value is -1.16. The van der Waals surface area contributed by atoms with Crippen molar-refractivity contribution in [2.45, 2.75) is 51.0 Å². The normalized spacial score (nSPS) is 17.9. The lowest BCUT2D eigenvalue weighted by atomic mass is 10.0. The van der Waals surface area contributed by atoms with Crippen LogP contribution < -0.4 is 5.32 Å². The van der Waals surface area contributed by atoms with Gasteiger partial charge in [0.05, 0.1) is 6.10 Å². The van der Waals surface area contributed by atoms with E-state index in [0.29, 0.717) is 5.92 Å². The molecule has 1 saturated carbocycles. The number of ether oxygens (including phenoxy) is 1. The van der Waals surface area contributed by atoms with Gasteiger partial charge in [0, 0.05) is 38.3 Å². The molecule has 0 spiro atoms. The summed E-state index contributed by atoms with van der Waals surface area (Å²) < 4.78 is 5.29. The molecule has 0 amide bonds. The van der Waals surface area contributed by atoms with E-state index in [1.165, 1.54) is 31.4 Å². The molecule has 0 aliphatic heterocycles. The fourth-order valence-electron chi connectivity index (χ4n) is 2.51. The number of aromatic nitrogens is 2. The second-order valence-corrected chi connectivity index (χ2v) is 5.08. The minimum absolute atomic E-state index is 0.161. The highest BCUT2D eigenvalue weighted by Crippen LogP contribution is 2.33. The van der Waals surface area contributed by atoms with Gasteiger partial charge in [0.25, 0.3) is 0 Å². The Balaban J connectivity index is 2.20. The maximum absolute atomic E-state index is 5.29. The maximum Gasteiger partial charge on any atom is 0.133 e. The van der Waals surface area contributed by atoms with E-state index in [1.807, 2.05) is 14.0 Å². The molecule has 1 N–H and O–H groups in total. The third-order valence-electron chi connectivity index (χ3n) is 3.69. The van der Waals surface area contributed by atoms with Gasteiger partial charge in [-0.2, -0.15) is 0 Å². The number of nitrogens with zero attached hydrogens (tertiary/aromatic N) is 2. The Labute approximate surface area is 109 Å². The third kappa shape index (κ3) is 3.19. The van der Waals surface area contributed by atoms with Crippen molar-refractivity contribution in [2.75, 3.05) is 19.5 Å². The Bertz CT molecular complexity index is 389. The van der Waals surface area contributed by atoms with Crippen LogP contribution in [-0.4, -0.2) is 30.2 Å². The summed E-state index contributed by atoms with van der Waals surface area (Å²) in [7, 11) is 3.63. The Kier molecular flexibility index (Phi) is 4.53. The van der Waals surface area contributed by atoms with E-state index in [2.05, 4.69) is 16.4 Å². The molecule has 0 bridgehead atoms. The molecule has 100 valence electrons. The lowest BCUT2D eigenvalue weighted by molar-refractivity contribution is 0.117. The Morgan fingerprint density at radius 2 is 2.11 bits per heavy atom. The van der Waals surface area contributed by atoms with E-state index < -0.39 is 0 Å². The first-order chi connectivity index (χ1) is 8.72. The highest BCUT2D eigenvalue weighted by molar-refractivity contribution is 5.36. The molecule has 1 atom stereocenters. The fourth-order valence-corrected chi connectivity index (χ4v) is 2.51. The third-order valence-corrected chi connectivity index (χ3v) is 3.69. The van der Waals surface area contributed by atoms with Crippen LogP contribution in [0.3, 0.4) is 0 Å². The highest BCUT2D eigenvalue weighted by atomic mass is 16.5. The number of methoxy groups -OCH3 is 1. The van der Waals surface area contributed by atoms with Crippen LogP contribution in [0.4, 0.5) is 5.82 Å². The topological polar surface area (TPSA) is 47.0 Å². The van der Waals surface area contributed by atoms with Gasteiger partial charge in [-0.1, -0.05) is 12.8 Å². The zero-order chi connectivity index (χ0) is 13.0. The van der Waals surface area contributed by atoms with Crippen molar-refractivity contribution >= 4 is 5.82 Å². The van der Waals surface area contributed by atoms with Gasteiger partial charge in [0.15, 0.2) is 0 Å². The fraction of sp³-hybridized carbons (Fsp3) is 0.714. The minimum atomic E-state index is 0.161. The van der Waals surface area contributed by atoms with Crippen LogP contribution in [0.5, 0.6) is 0 Å². The van der Waals surface area contributed by atoms with Gasteiger partial charge in [0.2, 0.25) is 0 Å². The monoisotopic (exact) mass is 249 g/mol. The predicted octanol–water partition coefficient (Wildman–Crippen LogP) is 2.75. The molecular formula is C14H23N3O. The van der Waals surface area contributed by atoms with Crippen molar-refractivity contribution in [3.8, 4) is 0 Å². The molecule has 1 heterocycles. The first-order valence-corrected chi connectivity index (χ1v) is 6.81. The Morgan fingerprint density at radius 1 is 1.39 bits per heavy atom. The number of rotatable bonds is 5. The van der Waals surface area contributed by atoms with E-state index in [1.54, 1.807) is 7.11 Å². The number of hydrogen-bond acceptors (Lipinski definition) is 4. The SMILES string of the molecule is CNc1cc(C2CCCC2)nc(CC(C)OC)n1. The first kappa shape index (κ1) is 13.3. The average Bonchev–Trinajstić information content (AvgIpc) is 2.92. The number of anilines is 1. The molecule has 1 aromatic rings. The molecule has 1 aliphatic rings. The van der Waals surface area contributed by atoms with Gasteiger partial charge in [-0.25, -0.2) is 9.97 Å². The van der Waals surface area contributed by atoms with E-state index in [0.717, 1.165) is 18.1 Å². The highest BCUT2D eigenvalue weighted by Gasteiger charge is 2.20. The van der Waals surface area contributed by atoms with E-state index in [9.17, 15) is 0 Å². The maximum atomic E-state index is 5.29. The molecular weight excluding hydrogens is 226 g/mol. The summed E-state index contributed by atoms with van der Waals surface area (Å²) in [5.74, 6) is 2.43. The summed E-state index contributed by atoms with van der Waals surface area (Å²) in [6.07, 6.45) is 6.11. The lowest BCUT2D eigenvalue weighted by Gasteiger charge is -2.14. The predicted molar refractivity (Wildman–Crippen MR) is 73.0 cm³/mol. The van der Waals surface area contributed by atoms with Gasteiger partial charge in [-0.3, -0.25) is 0 Å². The van der Waals surface area contributed by atoms with Crippen molar-refractivity contribution < 1.29 is 4.74 Å². The smallest absolute Gasteiger partial charge is 0.133 e. The molecule has 0 aromatic carbocycles. The van der Waals surface area contributed by atoms with Gasteiger partial charge in [-0.15, -0.1) is 0 Å². The Morgan fingerprint density at radius 3 is 2.72 bits per heavy atom. The molecule has 1 unspecified atom stereocenters. The molecule has 18 heavy (non-hydrogen) atoms. The molecule has 1 aliphatic carbocycles. The quantitative estimate of drug-likeness (QED) is 0.871. The summed E-state index contributed by atoms with van der Waals surface area (Å²) in [5, 5.41) is 3.13. The van der Waals surface area contributed by atoms with Crippen molar-refractivity contribution in [2.24, 2.45) is 0 Å². The van der Waals surface area contributed by atoms with Crippen LogP contribution in [-0.2, 0) is 11.2 Å². The van der Waals surface area contributed by atoms with Crippen LogP contribution in [0.2, 0.25) is 0 Å². The van der Waals surface area contributed by atoms with E-state index >= 15 is 0 Å². The van der Waals surface area contributed by atoms with E-state index in [4.69, 9.17) is 9.72 Å². The van der Waals surface area contributed by atoms with Crippen LogP contribution in [0.1, 0.15) is 50.0 Å². The average molecular weight is 249 g/mol. The molecule has 2 rings (SSSR count). The molecule has 4 nitrogen and oxygen atoms in total. The van der Waals surface area contributed by atoms with Gasteiger partial charge in [-0.05, 0) is 19.8 Å². The van der Waals surface area contributed by atoms with Crippen molar-refractivity contribution in [3.05, 3.63) is 17.6 Å². The molecule has 4 heteroatoms. The standard InChI is InChI=1S/C14H23N3O/c1-10(18-3)8-14-16-12(9-13(15-2)17-14)11-6-4-5-7-11/h9-11H,4-8H2,1-3H3,(H,15,16,17). The lowest BCUT2D eigenvalue weighted by Crippen LogP contribution is -2.14. The van der Waals surface area contributed by atoms with Gasteiger partial charge < -0.3 is 10.1 Å². The zero-order valence-corrected chi connectivity index (χ0v) is 11.6. The summed E-state index contributed by atoms with van der Waals surface area (Å²) in [6, 6.07) is 2.09. The summed E-state index contributed by atoms with van der Waals surface area (Å²) in [6.45, 7) is 2.05. The molecule has 0 saturated heterocycles. The first-order valence-electron chi connectivity index (χ1n) is 6.81. The van der Waals surface area contributed by atoms with Gasteiger partial charge >= 0.3 is 0 Å². The van der Waals surface area contributed by atoms with Crippen LogP contribution in [0, 0.1) is 0 Å². The molecule has 1 aromatic heterocycles. The number of nitrogens with one attached hydrogen (secondary N) is 1. The second kappa shape index (κ2) is 6.14. The largest absolute Gasteiger partial charge is 0.381 e. The van der Waals surface area contributed by atoms with Crippen molar-refractivity contribution in [1.82, 2.24) is 9.97 Å². The van der Waals surface area contributed by atoms with Gasteiger partial charge in [0.1, 0.15) is 11.6 Å². The summed E-state index contributed by atoms with van der Waals surface area (Å²) in [5.41, 5.74) is 1.20. The molecule has 0 radical (unpaired) electrons. The van der Waals surface area contributed by atoms with E-state index in [-0.39, 0.29) is 6.10 Å². The number of hydrogen-bond donors (Lipinski definition) is 1. The summed E-state index contributed by atoms with van der Waals surface area (Å²) >= 11 is 0. The van der Waals surface area contributed by atoms with Crippen molar-refractivity contribution in [3.63, 3.8) is 0 Å². The molecule has 1 fully saturated rings. The van der Waals surface area contributed by atoms with Crippen LogP contribution in [0.15, 0.2) is 6.07 Å². The van der Waals surface area contributed by atoms with Crippen LogP contribution >= 0.6 is 0 Å². The zero-order valence-electron chi connectivity index (χ0n) is 11.6.